The Balaban J connectivity index is 1.79. The Morgan fingerprint density at radius 2 is 1.82 bits per heavy atom. The number of ether oxygens (including phenoxy) is 2. The number of nitrogens with zero attached hydrogens (tertiary/aromatic N) is 2. The minimum absolute atomic E-state index is 0.161. The second-order valence-corrected chi connectivity index (χ2v) is 6.41. The summed E-state index contributed by atoms with van der Waals surface area (Å²) < 4.78 is 10.7. The lowest BCUT2D eigenvalue weighted by atomic mass is 9.98. The molecular weight excluding hydrogens is 358 g/mol. The molecule has 0 bridgehead atoms. The zero-order chi connectivity index (χ0) is 20.1. The van der Waals surface area contributed by atoms with E-state index in [-0.39, 0.29) is 11.8 Å². The fourth-order valence-electron chi connectivity index (χ4n) is 3.19. The van der Waals surface area contributed by atoms with E-state index in [1.165, 1.54) is 12.4 Å². The van der Waals surface area contributed by atoms with Gasteiger partial charge < -0.3 is 19.7 Å². The van der Waals surface area contributed by atoms with Gasteiger partial charge in [0.15, 0.2) is 11.5 Å². The third-order valence-corrected chi connectivity index (χ3v) is 4.66. The fraction of sp³-hybridized carbons (Fsp3) is 0.286. The summed E-state index contributed by atoms with van der Waals surface area (Å²) >= 11 is 0. The van der Waals surface area contributed by atoms with E-state index in [4.69, 9.17) is 9.47 Å². The van der Waals surface area contributed by atoms with Crippen LogP contribution in [-0.4, -0.2) is 49.0 Å². The predicted molar refractivity (Wildman–Crippen MR) is 105 cm³/mol. The van der Waals surface area contributed by atoms with Crippen molar-refractivity contribution in [3.63, 3.8) is 0 Å². The van der Waals surface area contributed by atoms with Gasteiger partial charge in [0.25, 0.3) is 11.8 Å². The molecule has 1 aromatic carbocycles. The van der Waals surface area contributed by atoms with E-state index in [1.807, 2.05) is 12.1 Å². The molecule has 0 fully saturated rings. The highest BCUT2D eigenvalue weighted by Crippen LogP contribution is 2.33. The SMILES string of the molecule is C=CCNC(=O)c1cncc(C(=O)N2CCc3cc(OC)c(OC)cc3C2)c1. The van der Waals surface area contributed by atoms with Gasteiger partial charge in [-0.05, 0) is 35.7 Å². The Hall–Kier alpha value is -3.35. The number of benzene rings is 1. The smallest absolute Gasteiger partial charge is 0.255 e. The number of rotatable bonds is 6. The van der Waals surface area contributed by atoms with E-state index in [0.717, 1.165) is 11.1 Å². The molecule has 1 aliphatic heterocycles. The number of methoxy groups -OCH3 is 2. The first kappa shape index (κ1) is 19.4. The molecule has 28 heavy (non-hydrogen) atoms. The maximum absolute atomic E-state index is 13.0. The molecule has 2 amide bonds. The summed E-state index contributed by atoms with van der Waals surface area (Å²) in [4.78, 5) is 30.9. The molecular formula is C21H23N3O4. The van der Waals surface area contributed by atoms with Crippen molar-refractivity contribution in [1.82, 2.24) is 15.2 Å². The monoisotopic (exact) mass is 381 g/mol. The molecule has 0 saturated carbocycles. The number of amides is 2. The van der Waals surface area contributed by atoms with Crippen LogP contribution in [0.2, 0.25) is 0 Å². The number of aromatic nitrogens is 1. The molecule has 7 heteroatoms. The number of nitrogens with one attached hydrogen (secondary N) is 1. The highest BCUT2D eigenvalue weighted by Gasteiger charge is 2.24. The number of pyridine rings is 1. The number of fused-ring (bicyclic) bond motifs is 1. The minimum Gasteiger partial charge on any atom is -0.493 e. The standard InChI is InChI=1S/C21H23N3O4/c1-4-6-23-20(25)15-8-16(12-22-11-15)21(26)24-7-5-14-9-18(27-2)19(28-3)10-17(14)13-24/h4,8-12H,1,5-7,13H2,2-3H3,(H,23,25). The van der Waals surface area contributed by atoms with Crippen LogP contribution in [0.25, 0.3) is 0 Å². The van der Waals surface area contributed by atoms with Gasteiger partial charge in [-0.3, -0.25) is 14.6 Å². The first-order chi connectivity index (χ1) is 13.6. The average Bonchev–Trinajstić information content (AvgIpc) is 2.75. The van der Waals surface area contributed by atoms with Crippen LogP contribution in [0.3, 0.4) is 0 Å². The van der Waals surface area contributed by atoms with Crippen LogP contribution in [0.15, 0.2) is 43.2 Å². The van der Waals surface area contributed by atoms with E-state index in [1.54, 1.807) is 31.3 Å². The lowest BCUT2D eigenvalue weighted by Gasteiger charge is -2.29. The van der Waals surface area contributed by atoms with Crippen molar-refractivity contribution in [1.29, 1.82) is 0 Å². The molecule has 2 heterocycles. The summed E-state index contributed by atoms with van der Waals surface area (Å²) in [5.41, 5.74) is 2.88. The van der Waals surface area contributed by atoms with Gasteiger partial charge >= 0.3 is 0 Å². The number of hydrogen-bond acceptors (Lipinski definition) is 5. The van der Waals surface area contributed by atoms with Crippen LogP contribution >= 0.6 is 0 Å². The first-order valence-corrected chi connectivity index (χ1v) is 8.94. The van der Waals surface area contributed by atoms with Crippen LogP contribution in [0.1, 0.15) is 31.8 Å². The molecule has 1 aliphatic rings. The van der Waals surface area contributed by atoms with Crippen molar-refractivity contribution in [3.8, 4) is 11.5 Å². The molecule has 0 unspecified atom stereocenters. The van der Waals surface area contributed by atoms with Gasteiger partial charge in [0.1, 0.15) is 0 Å². The Labute approximate surface area is 164 Å². The summed E-state index contributed by atoms with van der Waals surface area (Å²) in [5.74, 6) is 0.871. The van der Waals surface area contributed by atoms with E-state index >= 15 is 0 Å². The molecule has 1 aromatic heterocycles. The summed E-state index contributed by atoms with van der Waals surface area (Å²) in [6.45, 7) is 4.96. The highest BCUT2D eigenvalue weighted by molar-refractivity contribution is 5.99. The molecule has 0 radical (unpaired) electrons. The van der Waals surface area contributed by atoms with Gasteiger partial charge in [-0.25, -0.2) is 0 Å². The van der Waals surface area contributed by atoms with Crippen molar-refractivity contribution in [2.24, 2.45) is 0 Å². The molecule has 0 atom stereocenters. The quantitative estimate of drug-likeness (QED) is 0.776. The molecule has 0 saturated heterocycles. The Kier molecular flexibility index (Phi) is 5.93. The van der Waals surface area contributed by atoms with E-state index < -0.39 is 0 Å². The fourth-order valence-corrected chi connectivity index (χ4v) is 3.19. The number of hydrogen-bond donors (Lipinski definition) is 1. The van der Waals surface area contributed by atoms with Crippen molar-refractivity contribution in [2.75, 3.05) is 27.3 Å². The number of carbonyl (C=O) groups excluding carboxylic acids is 2. The zero-order valence-corrected chi connectivity index (χ0v) is 16.0. The largest absolute Gasteiger partial charge is 0.493 e. The van der Waals surface area contributed by atoms with E-state index in [0.29, 0.717) is 48.7 Å². The van der Waals surface area contributed by atoms with Gasteiger partial charge in [-0.2, -0.15) is 0 Å². The summed E-state index contributed by atoms with van der Waals surface area (Å²) in [5, 5.41) is 2.68. The van der Waals surface area contributed by atoms with Crippen LogP contribution < -0.4 is 14.8 Å². The molecule has 0 aliphatic carbocycles. The minimum atomic E-state index is -0.289. The van der Waals surface area contributed by atoms with Crippen LogP contribution in [-0.2, 0) is 13.0 Å². The Bertz CT molecular complexity index is 911. The number of carbonyl (C=O) groups is 2. The summed E-state index contributed by atoms with van der Waals surface area (Å²) in [7, 11) is 3.19. The molecule has 1 N–H and O–H groups in total. The lowest BCUT2D eigenvalue weighted by molar-refractivity contribution is 0.0734. The maximum atomic E-state index is 13.0. The molecule has 146 valence electrons. The van der Waals surface area contributed by atoms with Crippen molar-refractivity contribution in [2.45, 2.75) is 13.0 Å². The first-order valence-electron chi connectivity index (χ1n) is 8.94. The van der Waals surface area contributed by atoms with Crippen LogP contribution in [0.5, 0.6) is 11.5 Å². The lowest BCUT2D eigenvalue weighted by Crippen LogP contribution is -2.36. The van der Waals surface area contributed by atoms with Gasteiger partial charge in [-0.15, -0.1) is 6.58 Å². The van der Waals surface area contributed by atoms with Gasteiger partial charge in [-0.1, -0.05) is 6.08 Å². The second-order valence-electron chi connectivity index (χ2n) is 6.41. The van der Waals surface area contributed by atoms with Crippen molar-refractivity contribution >= 4 is 11.8 Å². The Morgan fingerprint density at radius 3 is 2.50 bits per heavy atom. The molecule has 3 rings (SSSR count). The summed E-state index contributed by atoms with van der Waals surface area (Å²) in [6, 6.07) is 5.44. The van der Waals surface area contributed by atoms with Crippen molar-refractivity contribution < 1.29 is 19.1 Å². The topological polar surface area (TPSA) is 80.8 Å². The van der Waals surface area contributed by atoms with Gasteiger partial charge in [0.2, 0.25) is 0 Å². The molecule has 0 spiro atoms. The zero-order valence-electron chi connectivity index (χ0n) is 16.0. The summed E-state index contributed by atoms with van der Waals surface area (Å²) in [6.07, 6.45) is 5.23. The van der Waals surface area contributed by atoms with Gasteiger partial charge in [0, 0.05) is 32.0 Å². The third-order valence-electron chi connectivity index (χ3n) is 4.66. The second kappa shape index (κ2) is 8.56. The van der Waals surface area contributed by atoms with E-state index in [2.05, 4.69) is 16.9 Å². The molecule has 2 aromatic rings. The van der Waals surface area contributed by atoms with Crippen molar-refractivity contribution in [3.05, 3.63) is 65.5 Å². The van der Waals surface area contributed by atoms with Crippen LogP contribution in [0, 0.1) is 0 Å². The average molecular weight is 381 g/mol. The maximum Gasteiger partial charge on any atom is 0.255 e. The van der Waals surface area contributed by atoms with E-state index in [9.17, 15) is 9.59 Å². The molecule has 7 nitrogen and oxygen atoms in total. The predicted octanol–water partition coefficient (Wildman–Crippen LogP) is 2.21. The Morgan fingerprint density at radius 1 is 1.14 bits per heavy atom. The normalized spacial score (nSPS) is 12.7. The van der Waals surface area contributed by atoms with Crippen LogP contribution in [0.4, 0.5) is 0 Å². The van der Waals surface area contributed by atoms with Gasteiger partial charge in [0.05, 0.1) is 25.3 Å². The third kappa shape index (κ3) is 3.98. The highest BCUT2D eigenvalue weighted by atomic mass is 16.5.